The zero-order chi connectivity index (χ0) is 26.6. The fourth-order valence-corrected chi connectivity index (χ4v) is 3.35. The van der Waals surface area contributed by atoms with E-state index in [1.54, 1.807) is 0 Å². The molecule has 1 N–H and O–H groups in total. The number of benzene rings is 3. The van der Waals surface area contributed by atoms with Gasteiger partial charge in [-0.3, -0.25) is 34.9 Å². The second-order valence-electron chi connectivity index (χ2n) is 6.68. The average molecular weight is 517 g/mol. The highest BCUT2D eigenvalue weighted by Crippen LogP contribution is 2.41. The third-order valence-electron chi connectivity index (χ3n) is 4.48. The quantitative estimate of drug-likeness (QED) is 0.131. The summed E-state index contributed by atoms with van der Waals surface area (Å²) in [5, 5.41) is 44.6. The summed E-state index contributed by atoms with van der Waals surface area (Å²) in [6.07, 6.45) is 0. The van der Waals surface area contributed by atoms with Crippen LogP contribution in [0.25, 0.3) is 0 Å². The molecule has 17 nitrogen and oxygen atoms in total. The number of rotatable bonds is 9. The number of anilines is 2. The second kappa shape index (κ2) is 9.95. The van der Waals surface area contributed by atoms with E-state index in [0.717, 1.165) is 36.4 Å². The van der Waals surface area contributed by atoms with Crippen LogP contribution in [0.5, 0.6) is 0 Å². The van der Waals surface area contributed by atoms with Gasteiger partial charge in [-0.05, 0) is 42.5 Å². The normalized spacial score (nSPS) is 11.2. The van der Waals surface area contributed by atoms with Gasteiger partial charge in [-0.15, -0.1) is 4.91 Å². The Labute approximate surface area is 199 Å². The molecule has 0 aliphatic heterocycles. The van der Waals surface area contributed by atoms with Crippen molar-refractivity contribution in [1.29, 1.82) is 0 Å². The Morgan fingerprint density at radius 3 is 1.72 bits per heavy atom. The van der Waals surface area contributed by atoms with Crippen LogP contribution in [0.2, 0.25) is 0 Å². The van der Waals surface area contributed by atoms with Gasteiger partial charge in [0.05, 0.1) is 42.4 Å². The maximum Gasteiger partial charge on any atom is 0.301 e. The predicted molar refractivity (Wildman–Crippen MR) is 121 cm³/mol. The van der Waals surface area contributed by atoms with E-state index in [4.69, 9.17) is 4.55 Å². The van der Waals surface area contributed by atoms with Crippen LogP contribution < -0.4 is 5.01 Å². The van der Waals surface area contributed by atoms with Crippen molar-refractivity contribution in [1.82, 2.24) is 0 Å². The van der Waals surface area contributed by atoms with Gasteiger partial charge in [-0.25, -0.2) is 0 Å². The van der Waals surface area contributed by atoms with Gasteiger partial charge in [0.15, 0.2) is 0 Å². The first-order valence-electron chi connectivity index (χ1n) is 9.26. The van der Waals surface area contributed by atoms with Gasteiger partial charge in [0.25, 0.3) is 21.5 Å². The van der Waals surface area contributed by atoms with Crippen molar-refractivity contribution in [2.45, 2.75) is 4.90 Å². The van der Waals surface area contributed by atoms with Gasteiger partial charge in [0, 0.05) is 12.1 Å². The van der Waals surface area contributed by atoms with Crippen molar-refractivity contribution in [2.75, 3.05) is 5.01 Å². The summed E-state index contributed by atoms with van der Waals surface area (Å²) in [4.78, 5) is 42.4. The molecule has 0 aliphatic rings. The number of azo groups is 1. The van der Waals surface area contributed by atoms with Crippen molar-refractivity contribution in [2.24, 2.45) is 15.5 Å². The summed E-state index contributed by atoms with van der Waals surface area (Å²) in [6.45, 7) is 0. The minimum absolute atomic E-state index is 0.0895. The van der Waals surface area contributed by atoms with E-state index in [-0.39, 0.29) is 16.3 Å². The Bertz CT molecular complexity index is 1520. The molecular formula is C18H11N7O10S. The Morgan fingerprint density at radius 2 is 1.22 bits per heavy atom. The van der Waals surface area contributed by atoms with E-state index in [1.165, 1.54) is 18.2 Å². The highest BCUT2D eigenvalue weighted by atomic mass is 32.2. The van der Waals surface area contributed by atoms with Crippen LogP contribution in [0.3, 0.4) is 0 Å². The largest absolute Gasteiger partial charge is 0.301 e. The lowest BCUT2D eigenvalue weighted by Crippen LogP contribution is -2.12. The lowest BCUT2D eigenvalue weighted by molar-refractivity contribution is -0.393. The first-order valence-corrected chi connectivity index (χ1v) is 10.7. The van der Waals surface area contributed by atoms with Crippen molar-refractivity contribution in [3.8, 4) is 0 Å². The Morgan fingerprint density at radius 1 is 0.722 bits per heavy atom. The molecule has 0 bridgehead atoms. The molecule has 184 valence electrons. The Balaban J connectivity index is 2.02. The van der Waals surface area contributed by atoms with Gasteiger partial charge in [-0.2, -0.15) is 23.7 Å². The highest BCUT2D eigenvalue weighted by molar-refractivity contribution is 7.85. The van der Waals surface area contributed by atoms with Gasteiger partial charge in [0.1, 0.15) is 11.4 Å². The molecule has 0 saturated heterocycles. The number of nitroso groups, excluding NO2 is 1. The summed E-state index contributed by atoms with van der Waals surface area (Å²) in [7, 11) is -4.42. The van der Waals surface area contributed by atoms with E-state index in [2.05, 4.69) is 15.5 Å². The monoisotopic (exact) mass is 517 g/mol. The molecule has 0 aromatic heterocycles. The van der Waals surface area contributed by atoms with Crippen LogP contribution in [0, 0.1) is 35.3 Å². The minimum Gasteiger partial charge on any atom is -0.282 e. The molecule has 0 fully saturated rings. The van der Waals surface area contributed by atoms with Crippen molar-refractivity contribution < 1.29 is 27.7 Å². The molecule has 36 heavy (non-hydrogen) atoms. The van der Waals surface area contributed by atoms with E-state index < -0.39 is 53.3 Å². The van der Waals surface area contributed by atoms with Crippen LogP contribution in [0.15, 0.2) is 81.1 Å². The lowest BCUT2D eigenvalue weighted by Gasteiger charge is -2.15. The Kier molecular flexibility index (Phi) is 7.02. The van der Waals surface area contributed by atoms with Crippen molar-refractivity contribution in [3.63, 3.8) is 0 Å². The smallest absolute Gasteiger partial charge is 0.282 e. The minimum atomic E-state index is -4.42. The van der Waals surface area contributed by atoms with Crippen LogP contribution in [0.1, 0.15) is 0 Å². The van der Waals surface area contributed by atoms with E-state index in [1.807, 2.05) is 0 Å². The van der Waals surface area contributed by atoms with Crippen molar-refractivity contribution >= 4 is 49.9 Å². The van der Waals surface area contributed by atoms with E-state index in [9.17, 15) is 43.7 Å². The van der Waals surface area contributed by atoms with E-state index in [0.29, 0.717) is 11.1 Å². The third kappa shape index (κ3) is 5.46. The zero-order valence-electron chi connectivity index (χ0n) is 17.4. The van der Waals surface area contributed by atoms with Gasteiger partial charge < -0.3 is 0 Å². The fourth-order valence-electron chi connectivity index (χ4n) is 2.87. The molecule has 0 unspecified atom stereocenters. The lowest BCUT2D eigenvalue weighted by atomic mass is 10.2. The first kappa shape index (κ1) is 25.4. The summed E-state index contributed by atoms with van der Waals surface area (Å²) >= 11 is 0. The second-order valence-corrected chi connectivity index (χ2v) is 8.10. The van der Waals surface area contributed by atoms with Crippen LogP contribution >= 0.6 is 0 Å². The topological polar surface area (TPSA) is 241 Å². The molecule has 3 rings (SSSR count). The van der Waals surface area contributed by atoms with Crippen molar-refractivity contribution in [3.05, 3.63) is 95.9 Å². The fraction of sp³-hybridized carbons (Fsp3) is 0. The van der Waals surface area contributed by atoms with Gasteiger partial charge in [-0.1, -0.05) is 0 Å². The molecule has 0 spiro atoms. The molecule has 0 amide bonds. The van der Waals surface area contributed by atoms with Crippen LogP contribution in [0.4, 0.5) is 39.8 Å². The summed E-state index contributed by atoms with van der Waals surface area (Å²) in [5.41, 5.74) is -3.30. The van der Waals surface area contributed by atoms with Gasteiger partial charge in [0.2, 0.25) is 0 Å². The molecule has 3 aromatic carbocycles. The molecule has 0 atom stereocenters. The van der Waals surface area contributed by atoms with Crippen LogP contribution in [-0.4, -0.2) is 27.7 Å². The maximum absolute atomic E-state index is 11.7. The molecule has 0 heterocycles. The van der Waals surface area contributed by atoms with Crippen LogP contribution in [-0.2, 0) is 10.1 Å². The summed E-state index contributed by atoms with van der Waals surface area (Å²) in [5.74, 6) is 0. The number of nitro benzene ring substituents is 3. The maximum atomic E-state index is 11.7. The average Bonchev–Trinajstić information content (AvgIpc) is 2.83. The molecule has 0 saturated carbocycles. The zero-order valence-corrected chi connectivity index (χ0v) is 18.3. The standard InChI is InChI=1S/C18H11N7O10S/c26-21-22(16-8-4-13(23(27)28)10-18(16)25(31)32)15-7-3-12(9-17(15)24(29)30)20-19-11-1-5-14(6-2-11)36(33,34)35/h1-10H,(H,33,34,35). The number of hydrogen-bond donors (Lipinski definition) is 1. The summed E-state index contributed by atoms with van der Waals surface area (Å²) in [6, 6.07) is 9.90. The van der Waals surface area contributed by atoms with Gasteiger partial charge >= 0.3 is 5.69 Å². The molecular weight excluding hydrogens is 506 g/mol. The van der Waals surface area contributed by atoms with E-state index >= 15 is 0 Å². The molecule has 18 heteroatoms. The predicted octanol–water partition coefficient (Wildman–Crippen LogP) is 4.89. The molecule has 0 radical (unpaired) electrons. The molecule has 0 aliphatic carbocycles. The third-order valence-corrected chi connectivity index (χ3v) is 5.34. The highest BCUT2D eigenvalue weighted by Gasteiger charge is 2.30. The number of nitrogens with zero attached hydrogens (tertiary/aromatic N) is 7. The first-order chi connectivity index (χ1) is 16.9. The molecule has 3 aromatic rings. The summed E-state index contributed by atoms with van der Waals surface area (Å²) < 4.78 is 31.1. The number of hydrogen-bond acceptors (Lipinski definition) is 12. The SMILES string of the molecule is O=NN(c1ccc(N=Nc2ccc(S(=O)(=O)O)cc2)cc1[N+](=O)[O-])c1ccc([N+](=O)[O-])cc1[N+](=O)[O-]. The number of nitro groups is 3. The number of non-ortho nitro benzene ring substituents is 1. The Hall–Kier alpha value is -5.23.